The van der Waals surface area contributed by atoms with Crippen LogP contribution in [0.2, 0.25) is 0 Å². The molecule has 2 heterocycles. The van der Waals surface area contributed by atoms with Crippen molar-refractivity contribution in [1.82, 2.24) is 5.32 Å². The smallest absolute Gasteiger partial charge is 0.265 e. The van der Waals surface area contributed by atoms with E-state index in [1.807, 2.05) is 11.4 Å². The molecule has 2 aromatic rings. The minimum Gasteiger partial charge on any atom is -0.486 e. The Bertz CT molecular complexity index is 762. The molecule has 0 atom stereocenters. The van der Waals surface area contributed by atoms with Crippen molar-refractivity contribution in [2.75, 3.05) is 37.4 Å². The molecule has 0 bridgehead atoms. The van der Waals surface area contributed by atoms with Crippen molar-refractivity contribution >= 4 is 34.5 Å². The van der Waals surface area contributed by atoms with Crippen molar-refractivity contribution < 1.29 is 19.1 Å². The molecule has 0 unspecified atom stereocenters. The quantitative estimate of drug-likeness (QED) is 0.735. The van der Waals surface area contributed by atoms with Crippen LogP contribution in [-0.2, 0) is 4.79 Å². The first-order valence-electron chi connectivity index (χ1n) is 7.90. The van der Waals surface area contributed by atoms with E-state index >= 15 is 0 Å². The average Bonchev–Trinajstić information content (AvgIpc) is 3.15. The Hall–Kier alpha value is -2.58. The number of amides is 2. The van der Waals surface area contributed by atoms with Gasteiger partial charge in [0, 0.05) is 25.1 Å². The summed E-state index contributed by atoms with van der Waals surface area (Å²) in [4.78, 5) is 25.0. The molecule has 25 heavy (non-hydrogen) atoms. The Balaban J connectivity index is 1.85. The van der Waals surface area contributed by atoms with Gasteiger partial charge in [0.05, 0.1) is 16.3 Å². The molecule has 0 saturated heterocycles. The molecule has 0 radical (unpaired) electrons. The number of nitrogens with one attached hydrogen (secondary N) is 3. The number of hydrogen-bond donors (Lipinski definition) is 3. The number of carbonyl (C=O) groups is 2. The minimum atomic E-state index is -0.239. The van der Waals surface area contributed by atoms with E-state index in [0.29, 0.717) is 53.9 Å². The van der Waals surface area contributed by atoms with Crippen LogP contribution >= 0.6 is 11.3 Å². The van der Waals surface area contributed by atoms with Gasteiger partial charge in [0.1, 0.15) is 13.2 Å². The van der Waals surface area contributed by atoms with Gasteiger partial charge < -0.3 is 25.4 Å². The number of carbonyl (C=O) groups excluding carboxylic acids is 2. The summed E-state index contributed by atoms with van der Waals surface area (Å²) in [6, 6.07) is 6.90. The standard InChI is InChI=1S/C17H19N3O4S/c1-18-5-4-16(21)19-11-9-13-14(24-7-6-23-13)10-12(11)20-17(22)15-3-2-8-25-15/h2-3,8-10,18H,4-7H2,1H3,(H,19,21)(H,20,22). The van der Waals surface area contributed by atoms with Gasteiger partial charge in [-0.25, -0.2) is 0 Å². The number of anilines is 2. The van der Waals surface area contributed by atoms with E-state index in [1.54, 1.807) is 25.2 Å². The van der Waals surface area contributed by atoms with E-state index in [-0.39, 0.29) is 11.8 Å². The summed E-state index contributed by atoms with van der Waals surface area (Å²) in [6.07, 6.45) is 0.323. The topological polar surface area (TPSA) is 88.7 Å². The van der Waals surface area contributed by atoms with Gasteiger partial charge in [0.25, 0.3) is 5.91 Å². The normalized spacial score (nSPS) is 12.5. The lowest BCUT2D eigenvalue weighted by Gasteiger charge is -2.21. The van der Waals surface area contributed by atoms with Crippen molar-refractivity contribution in [3.05, 3.63) is 34.5 Å². The van der Waals surface area contributed by atoms with Crippen LogP contribution in [0.5, 0.6) is 11.5 Å². The van der Waals surface area contributed by atoms with Crippen LogP contribution in [0.15, 0.2) is 29.6 Å². The zero-order valence-electron chi connectivity index (χ0n) is 13.8. The Morgan fingerprint density at radius 1 is 1.12 bits per heavy atom. The molecule has 0 fully saturated rings. The number of benzene rings is 1. The third-order valence-electron chi connectivity index (χ3n) is 3.55. The summed E-state index contributed by atoms with van der Waals surface area (Å²) < 4.78 is 11.1. The minimum absolute atomic E-state index is 0.155. The lowest BCUT2D eigenvalue weighted by molar-refractivity contribution is -0.116. The van der Waals surface area contributed by atoms with E-state index in [1.165, 1.54) is 11.3 Å². The van der Waals surface area contributed by atoms with Gasteiger partial charge in [-0.3, -0.25) is 9.59 Å². The van der Waals surface area contributed by atoms with E-state index in [9.17, 15) is 9.59 Å². The van der Waals surface area contributed by atoms with Gasteiger partial charge in [-0.15, -0.1) is 11.3 Å². The molecular formula is C17H19N3O4S. The maximum absolute atomic E-state index is 12.4. The molecule has 1 aromatic carbocycles. The van der Waals surface area contributed by atoms with Crippen LogP contribution in [0, 0.1) is 0 Å². The number of thiophene rings is 1. The first kappa shape index (κ1) is 17.2. The number of hydrogen-bond acceptors (Lipinski definition) is 6. The molecule has 0 aliphatic carbocycles. The Morgan fingerprint density at radius 2 is 1.80 bits per heavy atom. The highest BCUT2D eigenvalue weighted by Crippen LogP contribution is 2.38. The second-order valence-electron chi connectivity index (χ2n) is 5.37. The van der Waals surface area contributed by atoms with E-state index in [2.05, 4.69) is 16.0 Å². The lowest BCUT2D eigenvalue weighted by Crippen LogP contribution is -2.21. The highest BCUT2D eigenvalue weighted by molar-refractivity contribution is 7.12. The third-order valence-corrected chi connectivity index (χ3v) is 4.42. The summed E-state index contributed by atoms with van der Waals surface area (Å²) in [5, 5.41) is 10.4. The van der Waals surface area contributed by atoms with Crippen molar-refractivity contribution in [2.24, 2.45) is 0 Å². The average molecular weight is 361 g/mol. The third kappa shape index (κ3) is 4.28. The summed E-state index contributed by atoms with van der Waals surface area (Å²) >= 11 is 1.35. The van der Waals surface area contributed by atoms with E-state index < -0.39 is 0 Å². The summed E-state index contributed by atoms with van der Waals surface area (Å²) in [5.41, 5.74) is 0.954. The number of rotatable bonds is 6. The SMILES string of the molecule is CNCCC(=O)Nc1cc2c(cc1NC(=O)c1cccs1)OCCO2. The summed E-state index contributed by atoms with van der Waals surface area (Å²) in [5.74, 6) is 0.695. The van der Waals surface area contributed by atoms with Crippen LogP contribution < -0.4 is 25.4 Å². The van der Waals surface area contributed by atoms with Crippen LogP contribution in [0.4, 0.5) is 11.4 Å². The highest BCUT2D eigenvalue weighted by atomic mass is 32.1. The summed E-state index contributed by atoms with van der Waals surface area (Å²) in [7, 11) is 1.78. The molecule has 7 nitrogen and oxygen atoms in total. The van der Waals surface area contributed by atoms with E-state index in [0.717, 1.165) is 0 Å². The van der Waals surface area contributed by atoms with Crippen LogP contribution in [0.25, 0.3) is 0 Å². The first-order chi connectivity index (χ1) is 12.2. The molecule has 8 heteroatoms. The van der Waals surface area contributed by atoms with Crippen LogP contribution in [-0.4, -0.2) is 38.6 Å². The van der Waals surface area contributed by atoms with Crippen molar-refractivity contribution in [3.8, 4) is 11.5 Å². The van der Waals surface area contributed by atoms with Gasteiger partial charge in [-0.05, 0) is 18.5 Å². The van der Waals surface area contributed by atoms with Gasteiger partial charge in [-0.1, -0.05) is 6.07 Å². The van der Waals surface area contributed by atoms with Gasteiger partial charge in [0.2, 0.25) is 5.91 Å². The Labute approximate surface area is 149 Å². The molecule has 132 valence electrons. The Kier molecular flexibility index (Phi) is 5.52. The zero-order valence-corrected chi connectivity index (χ0v) is 14.6. The molecule has 3 N–H and O–H groups in total. The van der Waals surface area contributed by atoms with E-state index in [4.69, 9.17) is 9.47 Å². The predicted octanol–water partition coefficient (Wildman–Crippen LogP) is 2.32. The fourth-order valence-electron chi connectivity index (χ4n) is 2.34. The molecular weight excluding hydrogens is 342 g/mol. The van der Waals surface area contributed by atoms with Crippen LogP contribution in [0.1, 0.15) is 16.1 Å². The van der Waals surface area contributed by atoms with Crippen LogP contribution in [0.3, 0.4) is 0 Å². The first-order valence-corrected chi connectivity index (χ1v) is 8.78. The second-order valence-corrected chi connectivity index (χ2v) is 6.32. The largest absolute Gasteiger partial charge is 0.486 e. The molecule has 1 aliphatic heterocycles. The molecule has 0 spiro atoms. The second kappa shape index (κ2) is 8.00. The van der Waals surface area contributed by atoms with Gasteiger partial charge in [-0.2, -0.15) is 0 Å². The lowest BCUT2D eigenvalue weighted by atomic mass is 10.2. The monoisotopic (exact) mass is 361 g/mol. The van der Waals surface area contributed by atoms with Crippen molar-refractivity contribution in [2.45, 2.75) is 6.42 Å². The highest BCUT2D eigenvalue weighted by Gasteiger charge is 2.19. The number of ether oxygens (including phenoxy) is 2. The molecule has 2 amide bonds. The fourth-order valence-corrected chi connectivity index (χ4v) is 2.96. The fraction of sp³-hybridized carbons (Fsp3) is 0.294. The summed E-state index contributed by atoms with van der Waals surface area (Å²) in [6.45, 7) is 1.45. The molecule has 3 rings (SSSR count). The molecule has 1 aliphatic rings. The predicted molar refractivity (Wildman–Crippen MR) is 96.9 cm³/mol. The van der Waals surface area contributed by atoms with Gasteiger partial charge in [0.15, 0.2) is 11.5 Å². The zero-order chi connectivity index (χ0) is 17.6. The van der Waals surface area contributed by atoms with Crippen molar-refractivity contribution in [1.29, 1.82) is 0 Å². The molecule has 0 saturated carbocycles. The Morgan fingerprint density at radius 3 is 2.40 bits per heavy atom. The molecule has 1 aromatic heterocycles. The van der Waals surface area contributed by atoms with Crippen molar-refractivity contribution in [3.63, 3.8) is 0 Å². The maximum Gasteiger partial charge on any atom is 0.265 e. The number of fused-ring (bicyclic) bond motifs is 1. The van der Waals surface area contributed by atoms with Gasteiger partial charge >= 0.3 is 0 Å². The maximum atomic E-state index is 12.4.